The van der Waals surface area contributed by atoms with Crippen LogP contribution in [0.3, 0.4) is 0 Å². The molecule has 60 valence electrons. The molecule has 0 saturated carbocycles. The highest BCUT2D eigenvalue weighted by molar-refractivity contribution is 7.57. The van der Waals surface area contributed by atoms with Crippen LogP contribution in [0.25, 0.3) is 5.30 Å². The fourth-order valence-electron chi connectivity index (χ4n) is 1.34. The molecule has 1 aromatic carbocycles. The van der Waals surface area contributed by atoms with E-state index in [4.69, 9.17) is 0 Å². The minimum atomic E-state index is -0.121. The highest BCUT2D eigenvalue weighted by Crippen LogP contribution is 2.42. The Hall–Kier alpha value is -1.00. The van der Waals surface area contributed by atoms with Gasteiger partial charge in [0.15, 0.2) is 0 Å². The summed E-state index contributed by atoms with van der Waals surface area (Å²) in [6.07, 6.45) is 0. The fourth-order valence-corrected chi connectivity index (χ4v) is 3.16. The highest BCUT2D eigenvalue weighted by atomic mass is 31.1. The standard InChI is InChI=1S/C11H11P/c1-10-6-5-9-12(10)11-7-3-2-4-8-11/h2-9H,1H3. The van der Waals surface area contributed by atoms with Gasteiger partial charge in [-0.3, -0.25) is 0 Å². The predicted octanol–water partition coefficient (Wildman–Crippen LogP) is 3.97. The second kappa shape index (κ2) is 3.16. The second-order valence-electron chi connectivity index (χ2n) is 2.86. The van der Waals surface area contributed by atoms with Gasteiger partial charge < -0.3 is 0 Å². The molecule has 0 saturated heterocycles. The Kier molecular flexibility index (Phi) is 2.01. The Balaban J connectivity index is 2.51. The lowest BCUT2D eigenvalue weighted by Crippen LogP contribution is -1.64. The second-order valence-corrected chi connectivity index (χ2v) is 5.12. The first-order valence-electron chi connectivity index (χ1n) is 4.07. The zero-order valence-corrected chi connectivity index (χ0v) is 7.96. The van der Waals surface area contributed by atoms with Crippen molar-refractivity contribution in [1.82, 2.24) is 0 Å². The van der Waals surface area contributed by atoms with E-state index in [1.165, 1.54) is 10.6 Å². The first-order valence-corrected chi connectivity index (χ1v) is 5.48. The van der Waals surface area contributed by atoms with Gasteiger partial charge >= 0.3 is 0 Å². The van der Waals surface area contributed by atoms with Crippen LogP contribution in [0.4, 0.5) is 0 Å². The quantitative estimate of drug-likeness (QED) is 0.613. The Morgan fingerprint density at radius 3 is 2.25 bits per heavy atom. The lowest BCUT2D eigenvalue weighted by Gasteiger charge is -1.99. The van der Waals surface area contributed by atoms with Gasteiger partial charge in [-0.15, -0.1) is 0 Å². The van der Waals surface area contributed by atoms with Crippen LogP contribution in [0.2, 0.25) is 0 Å². The molecule has 0 nitrogen and oxygen atoms in total. The number of benzene rings is 1. The molecule has 0 aliphatic carbocycles. The van der Waals surface area contributed by atoms with Crippen molar-refractivity contribution in [3.05, 3.63) is 53.6 Å². The molecule has 2 rings (SSSR count). The van der Waals surface area contributed by atoms with Crippen LogP contribution in [0.15, 0.2) is 48.3 Å². The molecule has 0 spiro atoms. The van der Waals surface area contributed by atoms with Crippen molar-refractivity contribution in [3.63, 3.8) is 0 Å². The summed E-state index contributed by atoms with van der Waals surface area (Å²) in [5, 5.41) is 2.95. The highest BCUT2D eigenvalue weighted by Gasteiger charge is 1.98. The molecule has 0 fully saturated rings. The molecule has 1 heterocycles. The lowest BCUT2D eigenvalue weighted by atomic mass is 10.4. The summed E-state index contributed by atoms with van der Waals surface area (Å²) in [6, 6.07) is 15.1. The van der Waals surface area contributed by atoms with E-state index in [-0.39, 0.29) is 7.53 Å². The third kappa shape index (κ3) is 1.31. The summed E-state index contributed by atoms with van der Waals surface area (Å²) in [4.78, 5) is 0. The van der Waals surface area contributed by atoms with Crippen molar-refractivity contribution in [2.24, 2.45) is 0 Å². The van der Waals surface area contributed by atoms with Gasteiger partial charge in [0, 0.05) is 0 Å². The van der Waals surface area contributed by atoms with Crippen LogP contribution in [-0.4, -0.2) is 0 Å². The van der Waals surface area contributed by atoms with E-state index in [1.807, 2.05) is 0 Å². The Bertz CT molecular complexity index is 360. The van der Waals surface area contributed by atoms with Gasteiger partial charge in [0.25, 0.3) is 0 Å². The molecule has 1 aromatic heterocycles. The maximum atomic E-state index is 2.31. The van der Waals surface area contributed by atoms with E-state index in [1.54, 1.807) is 0 Å². The van der Waals surface area contributed by atoms with Crippen molar-refractivity contribution >= 4 is 7.53 Å². The third-order valence-corrected chi connectivity index (χ3v) is 4.22. The predicted molar refractivity (Wildman–Crippen MR) is 55.2 cm³/mol. The minimum absolute atomic E-state index is 0.121. The Morgan fingerprint density at radius 1 is 0.917 bits per heavy atom. The zero-order chi connectivity index (χ0) is 8.39. The zero-order valence-electron chi connectivity index (χ0n) is 7.07. The summed E-state index contributed by atoms with van der Waals surface area (Å²) in [5.74, 6) is 2.31. The summed E-state index contributed by atoms with van der Waals surface area (Å²) in [6.45, 7) is 2.21. The van der Waals surface area contributed by atoms with Gasteiger partial charge in [-0.05, 0) is 23.3 Å². The Morgan fingerprint density at radius 2 is 1.67 bits per heavy atom. The molecular formula is C11H11P. The summed E-state index contributed by atoms with van der Waals surface area (Å²) in [7, 11) is -0.121. The smallest absolute Gasteiger partial charge is 0.00194 e. The van der Waals surface area contributed by atoms with Gasteiger partial charge in [-0.25, -0.2) is 0 Å². The molecule has 2 aromatic rings. The largest absolute Gasteiger partial charge is 0.0904 e. The maximum absolute atomic E-state index is 2.31. The molecule has 0 aliphatic rings. The van der Waals surface area contributed by atoms with E-state index in [2.05, 4.69) is 55.2 Å². The van der Waals surface area contributed by atoms with Crippen LogP contribution in [0.5, 0.6) is 0 Å². The van der Waals surface area contributed by atoms with E-state index < -0.39 is 0 Å². The van der Waals surface area contributed by atoms with Crippen molar-refractivity contribution in [2.75, 3.05) is 0 Å². The van der Waals surface area contributed by atoms with Crippen molar-refractivity contribution in [2.45, 2.75) is 6.92 Å². The van der Waals surface area contributed by atoms with Crippen LogP contribution in [0, 0.1) is 6.92 Å². The fraction of sp³-hybridized carbons (Fsp3) is 0.0909. The maximum Gasteiger partial charge on any atom is -0.00194 e. The normalized spacial score (nSPS) is 11.6. The summed E-state index contributed by atoms with van der Waals surface area (Å²) in [5.41, 5.74) is 0. The molecule has 0 radical (unpaired) electrons. The minimum Gasteiger partial charge on any atom is -0.0904 e. The van der Waals surface area contributed by atoms with E-state index >= 15 is 0 Å². The van der Waals surface area contributed by atoms with Crippen molar-refractivity contribution < 1.29 is 0 Å². The van der Waals surface area contributed by atoms with Crippen molar-refractivity contribution in [3.8, 4) is 5.30 Å². The SMILES string of the molecule is Cc1cccp1-c1ccccc1. The van der Waals surface area contributed by atoms with Crippen LogP contribution < -0.4 is 0 Å². The number of hydrogen-bond donors (Lipinski definition) is 0. The van der Waals surface area contributed by atoms with Crippen LogP contribution in [0.1, 0.15) is 5.30 Å². The number of aryl methyl sites for hydroxylation is 1. The average Bonchev–Trinajstić information content (AvgIpc) is 2.53. The molecule has 0 aliphatic heterocycles. The molecule has 0 amide bonds. The van der Waals surface area contributed by atoms with E-state index in [0.29, 0.717) is 0 Å². The molecular weight excluding hydrogens is 163 g/mol. The van der Waals surface area contributed by atoms with E-state index in [9.17, 15) is 0 Å². The first kappa shape index (κ1) is 7.64. The number of hydrogen-bond acceptors (Lipinski definition) is 0. The number of rotatable bonds is 1. The molecule has 1 heteroatoms. The average molecular weight is 174 g/mol. The molecule has 0 N–H and O–H groups in total. The van der Waals surface area contributed by atoms with Gasteiger partial charge in [-0.1, -0.05) is 50.0 Å². The molecule has 12 heavy (non-hydrogen) atoms. The topological polar surface area (TPSA) is 0 Å². The third-order valence-electron chi connectivity index (χ3n) is 1.99. The van der Waals surface area contributed by atoms with Crippen LogP contribution >= 0.6 is 7.53 Å². The summed E-state index contributed by atoms with van der Waals surface area (Å²) < 4.78 is 0. The molecule has 1 atom stereocenters. The van der Waals surface area contributed by atoms with Crippen LogP contribution in [-0.2, 0) is 0 Å². The molecule has 0 bridgehead atoms. The van der Waals surface area contributed by atoms with Crippen molar-refractivity contribution in [1.29, 1.82) is 0 Å². The monoisotopic (exact) mass is 174 g/mol. The van der Waals surface area contributed by atoms with Gasteiger partial charge in [0.2, 0.25) is 0 Å². The first-order chi connectivity index (χ1) is 5.88. The Labute approximate surface area is 73.9 Å². The summed E-state index contributed by atoms with van der Waals surface area (Å²) >= 11 is 0. The van der Waals surface area contributed by atoms with E-state index in [0.717, 1.165) is 0 Å². The van der Waals surface area contributed by atoms with Gasteiger partial charge in [0.1, 0.15) is 0 Å². The molecule has 1 unspecified atom stereocenters. The lowest BCUT2D eigenvalue weighted by molar-refractivity contribution is 1.64. The van der Waals surface area contributed by atoms with Gasteiger partial charge in [-0.2, -0.15) is 0 Å². The van der Waals surface area contributed by atoms with Gasteiger partial charge in [0.05, 0.1) is 0 Å².